The van der Waals surface area contributed by atoms with E-state index in [1.165, 1.54) is 10.4 Å². The van der Waals surface area contributed by atoms with E-state index in [9.17, 15) is 4.79 Å². The van der Waals surface area contributed by atoms with E-state index in [1.807, 2.05) is 17.3 Å². The van der Waals surface area contributed by atoms with Crippen molar-refractivity contribution in [3.05, 3.63) is 49.1 Å². The molecule has 22 heavy (non-hydrogen) atoms. The standard InChI is InChI=1S/C15H15Cl3N2OS/c1-9-3-4-22-13(9)7-20(2)8-14(21)19-15-11(17)5-10(16)6-12(15)18/h3-6H,7-8H2,1-2H3,(H,19,21). The number of carbonyl (C=O) groups is 1. The van der Waals surface area contributed by atoms with E-state index < -0.39 is 0 Å². The lowest BCUT2D eigenvalue weighted by Gasteiger charge is -2.17. The fraction of sp³-hybridized carbons (Fsp3) is 0.267. The number of anilines is 1. The summed E-state index contributed by atoms with van der Waals surface area (Å²) in [6.07, 6.45) is 0. The molecule has 0 bridgehead atoms. The number of amides is 1. The Balaban J connectivity index is 1.97. The van der Waals surface area contributed by atoms with Crippen molar-refractivity contribution in [2.75, 3.05) is 18.9 Å². The Labute approximate surface area is 148 Å². The largest absolute Gasteiger partial charge is 0.322 e. The van der Waals surface area contributed by atoms with Crippen LogP contribution >= 0.6 is 46.1 Å². The number of thiophene rings is 1. The molecule has 0 aliphatic carbocycles. The molecule has 0 spiro atoms. The van der Waals surface area contributed by atoms with Crippen LogP contribution in [-0.4, -0.2) is 24.4 Å². The molecule has 1 heterocycles. The van der Waals surface area contributed by atoms with Crippen molar-refractivity contribution in [2.24, 2.45) is 0 Å². The number of nitrogens with one attached hydrogen (secondary N) is 1. The Hall–Kier alpha value is -0.780. The number of hydrogen-bond acceptors (Lipinski definition) is 3. The highest BCUT2D eigenvalue weighted by molar-refractivity contribution is 7.10. The monoisotopic (exact) mass is 376 g/mol. The van der Waals surface area contributed by atoms with Gasteiger partial charge in [-0.25, -0.2) is 0 Å². The molecule has 2 aromatic rings. The van der Waals surface area contributed by atoms with Gasteiger partial charge in [0, 0.05) is 16.4 Å². The van der Waals surface area contributed by atoms with E-state index in [1.54, 1.807) is 23.5 Å². The first-order valence-corrected chi connectivity index (χ1v) is 8.54. The lowest BCUT2D eigenvalue weighted by atomic mass is 10.3. The molecule has 3 nitrogen and oxygen atoms in total. The van der Waals surface area contributed by atoms with Gasteiger partial charge in [-0.05, 0) is 43.1 Å². The van der Waals surface area contributed by atoms with Crippen LogP contribution in [0, 0.1) is 6.92 Å². The maximum atomic E-state index is 12.1. The molecular weight excluding hydrogens is 363 g/mol. The number of rotatable bonds is 5. The Morgan fingerprint density at radius 1 is 1.27 bits per heavy atom. The molecule has 0 radical (unpaired) electrons. The van der Waals surface area contributed by atoms with Crippen molar-refractivity contribution in [3.8, 4) is 0 Å². The van der Waals surface area contributed by atoms with Crippen LogP contribution in [0.25, 0.3) is 0 Å². The van der Waals surface area contributed by atoms with Crippen LogP contribution in [0.15, 0.2) is 23.6 Å². The topological polar surface area (TPSA) is 32.3 Å². The Morgan fingerprint density at radius 2 is 1.91 bits per heavy atom. The highest BCUT2D eigenvalue weighted by atomic mass is 35.5. The zero-order valence-corrected chi connectivity index (χ0v) is 15.2. The van der Waals surface area contributed by atoms with Crippen molar-refractivity contribution in [3.63, 3.8) is 0 Å². The number of aryl methyl sites for hydroxylation is 1. The van der Waals surface area contributed by atoms with Crippen molar-refractivity contribution in [2.45, 2.75) is 13.5 Å². The summed E-state index contributed by atoms with van der Waals surface area (Å²) in [6.45, 7) is 3.03. The number of likely N-dealkylation sites (N-methyl/N-ethyl adjacent to an activating group) is 1. The van der Waals surface area contributed by atoms with Gasteiger partial charge in [-0.2, -0.15) is 0 Å². The van der Waals surface area contributed by atoms with Crippen LogP contribution in [0.1, 0.15) is 10.4 Å². The third-order valence-corrected chi connectivity index (χ3v) is 4.89. The van der Waals surface area contributed by atoms with Gasteiger partial charge in [-0.3, -0.25) is 9.69 Å². The van der Waals surface area contributed by atoms with Crippen LogP contribution in [0.5, 0.6) is 0 Å². The fourth-order valence-corrected chi connectivity index (χ4v) is 3.85. The average molecular weight is 378 g/mol. The molecule has 1 aromatic heterocycles. The van der Waals surface area contributed by atoms with Gasteiger partial charge >= 0.3 is 0 Å². The lowest BCUT2D eigenvalue weighted by Crippen LogP contribution is -2.29. The molecule has 0 aliphatic rings. The summed E-state index contributed by atoms with van der Waals surface area (Å²) < 4.78 is 0. The second-order valence-corrected chi connectivity index (χ2v) is 7.24. The van der Waals surface area contributed by atoms with Crippen LogP contribution < -0.4 is 5.32 Å². The molecule has 1 aromatic carbocycles. The van der Waals surface area contributed by atoms with Gasteiger partial charge in [0.25, 0.3) is 0 Å². The number of nitrogens with zero attached hydrogens (tertiary/aromatic N) is 1. The SMILES string of the molecule is Cc1ccsc1CN(C)CC(=O)Nc1c(Cl)cc(Cl)cc1Cl. The molecule has 0 saturated heterocycles. The first kappa shape index (κ1) is 17.6. The highest BCUT2D eigenvalue weighted by Crippen LogP contribution is 2.33. The average Bonchev–Trinajstić information content (AvgIpc) is 2.79. The van der Waals surface area contributed by atoms with E-state index in [4.69, 9.17) is 34.8 Å². The normalized spacial score (nSPS) is 11.0. The summed E-state index contributed by atoms with van der Waals surface area (Å²) in [5, 5.41) is 5.85. The fourth-order valence-electron chi connectivity index (χ4n) is 1.95. The molecule has 7 heteroatoms. The molecule has 0 saturated carbocycles. The van der Waals surface area contributed by atoms with Gasteiger partial charge in [-0.1, -0.05) is 34.8 Å². The molecule has 0 unspecified atom stereocenters. The lowest BCUT2D eigenvalue weighted by molar-refractivity contribution is -0.117. The summed E-state index contributed by atoms with van der Waals surface area (Å²) in [7, 11) is 1.89. The first-order valence-electron chi connectivity index (χ1n) is 6.52. The van der Waals surface area contributed by atoms with E-state index in [0.717, 1.165) is 6.54 Å². The molecular formula is C15H15Cl3N2OS. The van der Waals surface area contributed by atoms with Crippen molar-refractivity contribution >= 4 is 57.7 Å². The molecule has 0 aliphatic heterocycles. The summed E-state index contributed by atoms with van der Waals surface area (Å²) in [5.74, 6) is -0.178. The number of halogens is 3. The first-order chi connectivity index (χ1) is 10.4. The second kappa shape index (κ2) is 7.66. The smallest absolute Gasteiger partial charge is 0.238 e. The number of carbonyl (C=O) groups excluding carboxylic acids is 1. The molecule has 2 rings (SSSR count). The van der Waals surface area contributed by atoms with Crippen LogP contribution in [-0.2, 0) is 11.3 Å². The van der Waals surface area contributed by atoms with Gasteiger partial charge in [0.2, 0.25) is 5.91 Å². The minimum atomic E-state index is -0.178. The van der Waals surface area contributed by atoms with Crippen molar-refractivity contribution in [1.29, 1.82) is 0 Å². The minimum Gasteiger partial charge on any atom is -0.322 e. The Kier molecular flexibility index (Phi) is 6.12. The molecule has 0 fully saturated rings. The quantitative estimate of drug-likeness (QED) is 0.787. The summed E-state index contributed by atoms with van der Waals surface area (Å²) in [5.41, 5.74) is 1.62. The predicted molar refractivity (Wildman–Crippen MR) is 95.5 cm³/mol. The zero-order chi connectivity index (χ0) is 16.3. The predicted octanol–water partition coefficient (Wildman–Crippen LogP) is 5.09. The minimum absolute atomic E-state index is 0.178. The third kappa shape index (κ3) is 4.61. The number of benzene rings is 1. The Bertz CT molecular complexity index is 664. The molecule has 1 amide bonds. The highest BCUT2D eigenvalue weighted by Gasteiger charge is 2.13. The van der Waals surface area contributed by atoms with E-state index in [2.05, 4.69) is 18.3 Å². The van der Waals surface area contributed by atoms with E-state index in [0.29, 0.717) is 20.8 Å². The van der Waals surface area contributed by atoms with Crippen molar-refractivity contribution in [1.82, 2.24) is 4.90 Å². The van der Waals surface area contributed by atoms with Crippen molar-refractivity contribution < 1.29 is 4.79 Å². The van der Waals surface area contributed by atoms with Gasteiger partial charge in [0.1, 0.15) is 0 Å². The zero-order valence-electron chi connectivity index (χ0n) is 12.1. The maximum Gasteiger partial charge on any atom is 0.238 e. The Morgan fingerprint density at radius 3 is 2.45 bits per heavy atom. The van der Waals surface area contributed by atoms with Gasteiger partial charge in [-0.15, -0.1) is 11.3 Å². The third-order valence-electron chi connectivity index (χ3n) is 3.07. The summed E-state index contributed by atoms with van der Waals surface area (Å²) in [6, 6.07) is 5.16. The number of hydrogen-bond donors (Lipinski definition) is 1. The summed E-state index contributed by atoms with van der Waals surface area (Å²) in [4.78, 5) is 15.3. The maximum absolute atomic E-state index is 12.1. The van der Waals surface area contributed by atoms with Crippen LogP contribution in [0.4, 0.5) is 5.69 Å². The summed E-state index contributed by atoms with van der Waals surface area (Å²) >= 11 is 19.6. The molecule has 0 atom stereocenters. The second-order valence-electron chi connectivity index (χ2n) is 4.99. The van der Waals surface area contributed by atoms with Gasteiger partial charge in [0.15, 0.2) is 0 Å². The van der Waals surface area contributed by atoms with Crippen LogP contribution in [0.3, 0.4) is 0 Å². The van der Waals surface area contributed by atoms with Gasteiger partial charge in [0.05, 0.1) is 22.3 Å². The van der Waals surface area contributed by atoms with E-state index in [-0.39, 0.29) is 12.5 Å². The van der Waals surface area contributed by atoms with E-state index >= 15 is 0 Å². The molecule has 1 N–H and O–H groups in total. The van der Waals surface area contributed by atoms with Gasteiger partial charge < -0.3 is 5.32 Å². The molecule has 118 valence electrons. The van der Waals surface area contributed by atoms with Crippen LogP contribution in [0.2, 0.25) is 15.1 Å².